The smallest absolute Gasteiger partial charge is 0.269 e. The van der Waals surface area contributed by atoms with E-state index in [1.54, 1.807) is 10.8 Å². The molecule has 7 heteroatoms. The molecule has 0 atom stereocenters. The topological polar surface area (TPSA) is 65.1 Å². The summed E-state index contributed by atoms with van der Waals surface area (Å²) in [5, 5.41) is 10.9. The summed E-state index contributed by atoms with van der Waals surface area (Å²) in [6.45, 7) is 0. The number of rotatable bonds is 3. The molecule has 3 aromatic rings. The summed E-state index contributed by atoms with van der Waals surface area (Å²) in [5.74, 6) is -2.07. The number of nitro benzene ring substituents is 1. The van der Waals surface area contributed by atoms with Gasteiger partial charge in [0.15, 0.2) is 17.1 Å². The summed E-state index contributed by atoms with van der Waals surface area (Å²) in [6, 6.07) is 7.70. The van der Waals surface area contributed by atoms with Crippen LogP contribution in [0.2, 0.25) is 0 Å². The predicted molar refractivity (Wildman–Crippen MR) is 88.5 cm³/mol. The maximum absolute atomic E-state index is 13.7. The van der Waals surface area contributed by atoms with Gasteiger partial charge in [-0.25, -0.2) is 8.78 Å². The SMILES string of the molecule is O=c1c(-c2ccc([N+](=O)[O-])cc2)cn(C2CC2)c2cc(F)c(F)cc12. The third-order valence-electron chi connectivity index (χ3n) is 4.40. The molecule has 0 radical (unpaired) electrons. The Labute approximate surface area is 140 Å². The average Bonchev–Trinajstić information content (AvgIpc) is 3.42. The first-order chi connectivity index (χ1) is 12.0. The van der Waals surface area contributed by atoms with Crippen LogP contribution in [-0.4, -0.2) is 9.49 Å². The van der Waals surface area contributed by atoms with Crippen molar-refractivity contribution in [1.29, 1.82) is 0 Å². The largest absolute Gasteiger partial charge is 0.343 e. The van der Waals surface area contributed by atoms with Crippen LogP contribution in [0.1, 0.15) is 18.9 Å². The lowest BCUT2D eigenvalue weighted by Gasteiger charge is -2.13. The minimum Gasteiger partial charge on any atom is -0.343 e. The van der Waals surface area contributed by atoms with E-state index in [1.807, 2.05) is 0 Å². The molecular weight excluding hydrogens is 330 g/mol. The molecule has 25 heavy (non-hydrogen) atoms. The Balaban J connectivity index is 1.98. The lowest BCUT2D eigenvalue weighted by molar-refractivity contribution is -0.384. The van der Waals surface area contributed by atoms with Crippen LogP contribution in [0.3, 0.4) is 0 Å². The van der Waals surface area contributed by atoms with Crippen LogP contribution >= 0.6 is 0 Å². The summed E-state index contributed by atoms with van der Waals surface area (Å²) in [5.41, 5.74) is 0.647. The van der Waals surface area contributed by atoms with E-state index >= 15 is 0 Å². The van der Waals surface area contributed by atoms with Crippen molar-refractivity contribution in [2.45, 2.75) is 18.9 Å². The average molecular weight is 342 g/mol. The Hall–Kier alpha value is -3.09. The minimum atomic E-state index is -1.08. The Bertz CT molecular complexity index is 1070. The third kappa shape index (κ3) is 2.57. The maximum Gasteiger partial charge on any atom is 0.269 e. The van der Waals surface area contributed by atoms with Crippen LogP contribution in [0.4, 0.5) is 14.5 Å². The van der Waals surface area contributed by atoms with Crippen molar-refractivity contribution in [2.24, 2.45) is 0 Å². The second-order valence-corrected chi connectivity index (χ2v) is 6.10. The molecule has 0 unspecified atom stereocenters. The van der Waals surface area contributed by atoms with E-state index in [4.69, 9.17) is 0 Å². The summed E-state index contributed by atoms with van der Waals surface area (Å²) in [7, 11) is 0. The molecule has 5 nitrogen and oxygen atoms in total. The van der Waals surface area contributed by atoms with Crippen molar-refractivity contribution in [3.05, 3.63) is 74.6 Å². The predicted octanol–water partition coefficient (Wildman–Crippen LogP) is 4.19. The standard InChI is InChI=1S/C18H12F2N2O3/c19-15-7-13-17(8-16(15)20)21(11-5-6-11)9-14(18(13)23)10-1-3-12(4-2-10)22(24)25/h1-4,7-9,11H,5-6H2. The fourth-order valence-corrected chi connectivity index (χ4v) is 2.97. The zero-order chi connectivity index (χ0) is 17.7. The molecule has 0 spiro atoms. The van der Waals surface area contributed by atoms with Crippen LogP contribution in [0.5, 0.6) is 0 Å². The number of nitro groups is 1. The highest BCUT2D eigenvalue weighted by Gasteiger charge is 2.26. The van der Waals surface area contributed by atoms with E-state index in [0.717, 1.165) is 25.0 Å². The third-order valence-corrected chi connectivity index (χ3v) is 4.40. The van der Waals surface area contributed by atoms with E-state index in [0.29, 0.717) is 16.6 Å². The van der Waals surface area contributed by atoms with Crippen molar-refractivity contribution >= 4 is 16.6 Å². The molecule has 0 N–H and O–H groups in total. The zero-order valence-corrected chi connectivity index (χ0v) is 12.9. The number of hydrogen-bond acceptors (Lipinski definition) is 3. The molecule has 1 fully saturated rings. The fraction of sp³-hybridized carbons (Fsp3) is 0.167. The van der Waals surface area contributed by atoms with Gasteiger partial charge in [-0.3, -0.25) is 14.9 Å². The van der Waals surface area contributed by atoms with E-state index in [1.165, 1.54) is 24.3 Å². The van der Waals surface area contributed by atoms with Gasteiger partial charge >= 0.3 is 0 Å². The van der Waals surface area contributed by atoms with Crippen molar-refractivity contribution in [2.75, 3.05) is 0 Å². The van der Waals surface area contributed by atoms with Gasteiger partial charge in [0, 0.05) is 41.4 Å². The molecule has 1 aliphatic rings. The monoisotopic (exact) mass is 342 g/mol. The number of hydrogen-bond donors (Lipinski definition) is 0. The molecular formula is C18H12F2N2O3. The normalized spacial score (nSPS) is 14.0. The Morgan fingerprint density at radius 2 is 1.72 bits per heavy atom. The summed E-state index contributed by atoms with van der Waals surface area (Å²) < 4.78 is 29.1. The van der Waals surface area contributed by atoms with Gasteiger partial charge in [-0.15, -0.1) is 0 Å². The quantitative estimate of drug-likeness (QED) is 0.529. The highest BCUT2D eigenvalue weighted by atomic mass is 19.2. The second-order valence-electron chi connectivity index (χ2n) is 6.10. The number of non-ortho nitro benzene ring substituents is 1. The summed E-state index contributed by atoms with van der Waals surface area (Å²) in [6.07, 6.45) is 3.42. The van der Waals surface area contributed by atoms with Crippen molar-refractivity contribution in [3.63, 3.8) is 0 Å². The van der Waals surface area contributed by atoms with Gasteiger partial charge in [0.05, 0.1) is 10.4 Å². The first-order valence-electron chi connectivity index (χ1n) is 7.74. The van der Waals surface area contributed by atoms with Gasteiger partial charge in [-0.05, 0) is 36.6 Å². The van der Waals surface area contributed by atoms with Crippen LogP contribution in [0.25, 0.3) is 22.0 Å². The first-order valence-corrected chi connectivity index (χ1v) is 7.74. The van der Waals surface area contributed by atoms with Gasteiger partial charge < -0.3 is 4.57 Å². The van der Waals surface area contributed by atoms with Crippen LogP contribution < -0.4 is 5.43 Å². The van der Waals surface area contributed by atoms with Gasteiger partial charge in [0.25, 0.3) is 5.69 Å². The molecule has 1 saturated carbocycles. The van der Waals surface area contributed by atoms with Crippen LogP contribution in [0.15, 0.2) is 47.4 Å². The maximum atomic E-state index is 13.7. The molecule has 2 aromatic carbocycles. The van der Waals surface area contributed by atoms with E-state index in [2.05, 4.69) is 0 Å². The van der Waals surface area contributed by atoms with Crippen LogP contribution in [0, 0.1) is 21.7 Å². The fourth-order valence-electron chi connectivity index (χ4n) is 2.97. The molecule has 4 rings (SSSR count). The van der Waals surface area contributed by atoms with E-state index in [9.17, 15) is 23.7 Å². The molecule has 1 heterocycles. The van der Waals surface area contributed by atoms with Crippen LogP contribution in [-0.2, 0) is 0 Å². The van der Waals surface area contributed by atoms with E-state index < -0.39 is 22.0 Å². The lowest BCUT2D eigenvalue weighted by atomic mass is 10.0. The molecule has 0 bridgehead atoms. The van der Waals surface area contributed by atoms with Gasteiger partial charge in [-0.2, -0.15) is 0 Å². The molecule has 0 aliphatic heterocycles. The van der Waals surface area contributed by atoms with Gasteiger partial charge in [-0.1, -0.05) is 0 Å². The first kappa shape index (κ1) is 15.4. The number of nitrogens with zero attached hydrogens (tertiary/aromatic N) is 2. The van der Waals surface area contributed by atoms with Crippen molar-refractivity contribution in [3.8, 4) is 11.1 Å². The Morgan fingerprint density at radius 1 is 1.08 bits per heavy atom. The number of fused-ring (bicyclic) bond motifs is 1. The molecule has 0 saturated heterocycles. The van der Waals surface area contributed by atoms with Crippen molar-refractivity contribution in [1.82, 2.24) is 4.57 Å². The number of aromatic nitrogens is 1. The molecule has 126 valence electrons. The number of halogens is 2. The number of pyridine rings is 1. The second kappa shape index (κ2) is 5.47. The zero-order valence-electron chi connectivity index (χ0n) is 12.9. The Morgan fingerprint density at radius 3 is 2.32 bits per heavy atom. The van der Waals surface area contributed by atoms with E-state index in [-0.39, 0.29) is 17.1 Å². The van der Waals surface area contributed by atoms with Gasteiger partial charge in [0.1, 0.15) is 0 Å². The highest BCUT2D eigenvalue weighted by Crippen LogP contribution is 2.38. The molecule has 1 aromatic heterocycles. The summed E-state index contributed by atoms with van der Waals surface area (Å²) >= 11 is 0. The van der Waals surface area contributed by atoms with Gasteiger partial charge in [0.2, 0.25) is 0 Å². The Kier molecular flexibility index (Phi) is 3.38. The molecule has 1 aliphatic carbocycles. The van der Waals surface area contributed by atoms with Crippen molar-refractivity contribution < 1.29 is 13.7 Å². The highest BCUT2D eigenvalue weighted by molar-refractivity contribution is 5.84. The summed E-state index contributed by atoms with van der Waals surface area (Å²) in [4.78, 5) is 23.0. The minimum absolute atomic E-state index is 0.0832. The lowest BCUT2D eigenvalue weighted by Crippen LogP contribution is -2.12. The molecule has 0 amide bonds. The number of benzene rings is 2.